The Kier molecular flexibility index (Phi) is 4.66. The highest BCUT2D eigenvalue weighted by Crippen LogP contribution is 2.76. The molecule has 0 N–H and O–H groups in total. The predicted octanol–water partition coefficient (Wildman–Crippen LogP) is 5.47. The molecule has 11 atom stereocenters. The maximum absolute atomic E-state index is 14.4. The number of hydrogen-bond acceptors (Lipinski definition) is 3. The van der Waals surface area contributed by atoms with Crippen LogP contribution >= 0.6 is 0 Å². The third-order valence-corrected chi connectivity index (χ3v) is 11.1. The van der Waals surface area contributed by atoms with E-state index in [1.54, 1.807) is 0 Å². The molecule has 1 aromatic rings. The van der Waals surface area contributed by atoms with Crippen LogP contribution in [0.4, 0.5) is 4.39 Å². The minimum Gasteiger partial charge on any atom is -0.297 e. The molecule has 5 fully saturated rings. The van der Waals surface area contributed by atoms with Gasteiger partial charge in [-0.1, -0.05) is 27.2 Å². The lowest BCUT2D eigenvalue weighted by atomic mass is 9.47. The summed E-state index contributed by atoms with van der Waals surface area (Å²) in [6, 6.07) is 1.82. The zero-order valence-electron chi connectivity index (χ0n) is 19.6. The summed E-state index contributed by atoms with van der Waals surface area (Å²) >= 11 is 0. The number of carbonyl (C=O) groups excluding carboxylic acids is 1. The quantitative estimate of drug-likeness (QED) is 0.630. The lowest BCUT2D eigenvalue weighted by Gasteiger charge is -2.57. The van der Waals surface area contributed by atoms with E-state index in [-0.39, 0.29) is 29.2 Å². The molecular formula is C27H36FN3O. The molecule has 5 saturated carbocycles. The molecule has 5 aliphatic carbocycles. The van der Waals surface area contributed by atoms with Crippen molar-refractivity contribution in [2.75, 3.05) is 0 Å². The van der Waals surface area contributed by atoms with Gasteiger partial charge in [-0.3, -0.25) is 4.79 Å². The molecule has 0 saturated heterocycles. The molecule has 0 aromatic carbocycles. The molecule has 2 unspecified atom stereocenters. The number of aromatic nitrogens is 2. The van der Waals surface area contributed by atoms with Crippen molar-refractivity contribution in [2.24, 2.45) is 64.6 Å². The van der Waals surface area contributed by atoms with Crippen molar-refractivity contribution in [2.45, 2.75) is 72.3 Å². The Bertz CT molecular complexity index is 980. The number of fused-ring (bicyclic) bond motifs is 7. The summed E-state index contributed by atoms with van der Waals surface area (Å²) < 4.78 is 15.5. The summed E-state index contributed by atoms with van der Waals surface area (Å²) in [5.41, 5.74) is -0.0265. The van der Waals surface area contributed by atoms with E-state index in [9.17, 15) is 9.18 Å². The first-order valence-electron chi connectivity index (χ1n) is 13.0. The molecule has 0 aliphatic heterocycles. The highest BCUT2D eigenvalue weighted by molar-refractivity contribution is 5.83. The van der Waals surface area contributed by atoms with Crippen LogP contribution < -0.4 is 0 Å². The average Bonchev–Trinajstić information content (AvgIpc) is 3.12. The first kappa shape index (κ1) is 20.9. The van der Waals surface area contributed by atoms with Crippen LogP contribution in [-0.4, -0.2) is 15.6 Å². The molecule has 4 nitrogen and oxygen atoms in total. The summed E-state index contributed by atoms with van der Waals surface area (Å²) in [7, 11) is 0. The lowest BCUT2D eigenvalue weighted by Crippen LogP contribution is -2.51. The van der Waals surface area contributed by atoms with Gasteiger partial charge >= 0.3 is 0 Å². The number of nitriles is 1. The van der Waals surface area contributed by atoms with Gasteiger partial charge in [0.25, 0.3) is 0 Å². The molecule has 6 rings (SSSR count). The van der Waals surface area contributed by atoms with Gasteiger partial charge in [0.05, 0.1) is 6.20 Å². The zero-order valence-corrected chi connectivity index (χ0v) is 19.6. The maximum Gasteiger partial charge on any atom is 0.229 e. The van der Waals surface area contributed by atoms with Crippen LogP contribution in [0.3, 0.4) is 0 Å². The summed E-state index contributed by atoms with van der Waals surface area (Å²) in [6.45, 7) is 7.14. The van der Waals surface area contributed by atoms with Crippen molar-refractivity contribution >= 4 is 5.78 Å². The molecular weight excluding hydrogens is 401 g/mol. The van der Waals surface area contributed by atoms with E-state index in [1.807, 2.05) is 6.07 Å². The van der Waals surface area contributed by atoms with Crippen LogP contribution in [0.5, 0.6) is 0 Å². The molecule has 32 heavy (non-hydrogen) atoms. The van der Waals surface area contributed by atoms with E-state index in [0.717, 1.165) is 40.7 Å². The lowest BCUT2D eigenvalue weighted by molar-refractivity contribution is -0.135. The first-order valence-corrected chi connectivity index (χ1v) is 13.0. The number of nitrogens with zero attached hydrogens (tertiary/aromatic N) is 3. The molecule has 172 valence electrons. The van der Waals surface area contributed by atoms with Crippen LogP contribution in [0.1, 0.15) is 71.3 Å². The second-order valence-electron chi connectivity index (χ2n) is 12.4. The van der Waals surface area contributed by atoms with E-state index < -0.39 is 5.95 Å². The van der Waals surface area contributed by atoms with Crippen molar-refractivity contribution in [3.8, 4) is 6.07 Å². The number of rotatable bonds is 3. The molecule has 0 bridgehead atoms. The monoisotopic (exact) mass is 437 g/mol. The fourth-order valence-electron chi connectivity index (χ4n) is 9.89. The second kappa shape index (κ2) is 7.15. The Morgan fingerprint density at radius 3 is 2.72 bits per heavy atom. The van der Waals surface area contributed by atoms with Crippen LogP contribution in [-0.2, 0) is 11.3 Å². The number of ketones is 1. The van der Waals surface area contributed by atoms with E-state index in [4.69, 9.17) is 5.26 Å². The van der Waals surface area contributed by atoms with Gasteiger partial charge in [0.15, 0.2) is 5.78 Å². The third kappa shape index (κ3) is 2.77. The molecule has 5 aliphatic rings. The average molecular weight is 438 g/mol. The molecule has 0 amide bonds. The molecule has 5 heteroatoms. The second-order valence-corrected chi connectivity index (χ2v) is 12.4. The fourth-order valence-corrected chi connectivity index (χ4v) is 9.89. The molecule has 0 spiro atoms. The van der Waals surface area contributed by atoms with Gasteiger partial charge in [0.2, 0.25) is 5.95 Å². The van der Waals surface area contributed by atoms with Gasteiger partial charge in [-0.25, -0.2) is 4.68 Å². The Labute approximate surface area is 190 Å². The highest BCUT2D eigenvalue weighted by Gasteiger charge is 2.73. The van der Waals surface area contributed by atoms with Gasteiger partial charge in [-0.05, 0) is 97.2 Å². The van der Waals surface area contributed by atoms with E-state index >= 15 is 0 Å². The molecule has 1 heterocycles. The standard InChI is InChI=1S/C27H36FN3O/c1-14-4-6-18-16(10-14)5-7-20-19(18)8-9-27(3)24(20)22-15(2)23(22)25(27)21(32)13-31-26(28)17(11-29)12-30-31/h12,14-16,18-20,22-25H,4-10,13H2,1-3H3/t14-,15-,16+,18-,19?,20+,22+,23-,24?,25-,27-/m0/s1. The Morgan fingerprint density at radius 2 is 1.97 bits per heavy atom. The van der Waals surface area contributed by atoms with Crippen LogP contribution in [0.15, 0.2) is 6.20 Å². The molecule has 0 radical (unpaired) electrons. The summed E-state index contributed by atoms with van der Waals surface area (Å²) in [6.07, 6.45) is 10.7. The Balaban J connectivity index is 1.26. The van der Waals surface area contributed by atoms with Gasteiger partial charge < -0.3 is 0 Å². The van der Waals surface area contributed by atoms with Crippen LogP contribution in [0.25, 0.3) is 0 Å². The van der Waals surface area contributed by atoms with Gasteiger partial charge in [0, 0.05) is 5.92 Å². The largest absolute Gasteiger partial charge is 0.297 e. The van der Waals surface area contributed by atoms with Crippen molar-refractivity contribution in [3.05, 3.63) is 17.7 Å². The van der Waals surface area contributed by atoms with Gasteiger partial charge in [-0.2, -0.15) is 14.8 Å². The predicted molar refractivity (Wildman–Crippen MR) is 119 cm³/mol. The van der Waals surface area contributed by atoms with Crippen molar-refractivity contribution < 1.29 is 9.18 Å². The third-order valence-electron chi connectivity index (χ3n) is 11.1. The van der Waals surface area contributed by atoms with Gasteiger partial charge in [0.1, 0.15) is 18.2 Å². The van der Waals surface area contributed by atoms with Crippen LogP contribution in [0, 0.1) is 81.9 Å². The van der Waals surface area contributed by atoms with Crippen molar-refractivity contribution in [1.29, 1.82) is 5.26 Å². The van der Waals surface area contributed by atoms with Crippen molar-refractivity contribution in [1.82, 2.24) is 9.78 Å². The number of carbonyl (C=O) groups is 1. The maximum atomic E-state index is 14.4. The topological polar surface area (TPSA) is 58.7 Å². The normalized spacial score (nSPS) is 48.7. The highest BCUT2D eigenvalue weighted by atomic mass is 19.1. The smallest absolute Gasteiger partial charge is 0.229 e. The summed E-state index contributed by atoms with van der Waals surface area (Å²) in [4.78, 5) is 13.6. The number of hydrogen-bond donors (Lipinski definition) is 0. The zero-order chi connectivity index (χ0) is 22.4. The van der Waals surface area contributed by atoms with E-state index in [0.29, 0.717) is 23.7 Å². The van der Waals surface area contributed by atoms with Crippen LogP contribution in [0.2, 0.25) is 0 Å². The number of Topliss-reactive ketones (excluding diaryl/α,β-unsaturated/α-hetero) is 1. The van der Waals surface area contributed by atoms with E-state index in [1.165, 1.54) is 44.7 Å². The first-order chi connectivity index (χ1) is 15.3. The minimum atomic E-state index is -0.672. The summed E-state index contributed by atoms with van der Waals surface area (Å²) in [5.74, 6) is 6.30. The Hall–Kier alpha value is -1.70. The Morgan fingerprint density at radius 1 is 1.19 bits per heavy atom. The van der Waals surface area contributed by atoms with Gasteiger partial charge in [-0.15, -0.1) is 0 Å². The van der Waals surface area contributed by atoms with Crippen molar-refractivity contribution in [3.63, 3.8) is 0 Å². The SMILES string of the molecule is C[C@H]1CC[C@@H]2C3CC[C@@]4(C)C([C@@H]3CC[C@@H]2C1)[C@@H]1[C@H](C)[C@@H]1[C@@H]4C(=O)Cn1ncc(C#N)c1F. The number of halogens is 1. The minimum absolute atomic E-state index is 0.0201. The fraction of sp³-hybridized carbons (Fsp3) is 0.815. The molecule has 1 aromatic heterocycles. The summed E-state index contributed by atoms with van der Waals surface area (Å²) in [5, 5.41) is 13.0. The van der Waals surface area contributed by atoms with E-state index in [2.05, 4.69) is 25.9 Å².